The monoisotopic (exact) mass is 340 g/mol. The van der Waals surface area contributed by atoms with E-state index >= 15 is 0 Å². The number of nitrogens with zero attached hydrogens (tertiary/aromatic N) is 2. The molecular formula is C20H24N2O3. The summed E-state index contributed by atoms with van der Waals surface area (Å²) in [6, 6.07) is 9.29. The van der Waals surface area contributed by atoms with Crippen LogP contribution in [0.25, 0.3) is 0 Å². The highest BCUT2D eigenvalue weighted by atomic mass is 16.5. The van der Waals surface area contributed by atoms with Gasteiger partial charge in [-0.3, -0.25) is 9.78 Å². The second-order valence-electron chi connectivity index (χ2n) is 6.70. The second-order valence-corrected chi connectivity index (χ2v) is 6.70. The quantitative estimate of drug-likeness (QED) is 0.926. The SMILES string of the molecule is Cc1ccc(C(=O)N2CC(CO)CCC2C)cc1Oc1ccncc1. The minimum Gasteiger partial charge on any atom is -0.457 e. The van der Waals surface area contributed by atoms with Crippen molar-refractivity contribution in [1.82, 2.24) is 9.88 Å². The predicted octanol–water partition coefficient (Wildman–Crippen LogP) is 3.42. The van der Waals surface area contributed by atoms with E-state index in [0.29, 0.717) is 23.6 Å². The summed E-state index contributed by atoms with van der Waals surface area (Å²) in [5, 5.41) is 9.43. The van der Waals surface area contributed by atoms with Gasteiger partial charge in [0.05, 0.1) is 0 Å². The third kappa shape index (κ3) is 3.99. The summed E-state index contributed by atoms with van der Waals surface area (Å²) in [4.78, 5) is 18.8. The van der Waals surface area contributed by atoms with Crippen LogP contribution in [-0.4, -0.2) is 40.1 Å². The third-order valence-corrected chi connectivity index (χ3v) is 4.81. The Balaban J connectivity index is 1.82. The molecule has 2 atom stereocenters. The Bertz CT molecular complexity index is 733. The Hall–Kier alpha value is -2.40. The Labute approximate surface area is 148 Å². The first-order chi connectivity index (χ1) is 12.1. The van der Waals surface area contributed by atoms with Gasteiger partial charge in [-0.1, -0.05) is 6.07 Å². The van der Waals surface area contributed by atoms with Gasteiger partial charge in [-0.25, -0.2) is 0 Å². The maximum absolute atomic E-state index is 13.0. The minimum absolute atomic E-state index is 0.00905. The third-order valence-electron chi connectivity index (χ3n) is 4.81. The fraction of sp³-hybridized carbons (Fsp3) is 0.400. The van der Waals surface area contributed by atoms with Crippen LogP contribution in [0.5, 0.6) is 11.5 Å². The van der Waals surface area contributed by atoms with Gasteiger partial charge in [-0.2, -0.15) is 0 Å². The van der Waals surface area contributed by atoms with Crippen molar-refractivity contribution in [2.45, 2.75) is 32.7 Å². The number of pyridine rings is 1. The van der Waals surface area contributed by atoms with Crippen LogP contribution >= 0.6 is 0 Å². The van der Waals surface area contributed by atoms with Crippen LogP contribution in [0, 0.1) is 12.8 Å². The van der Waals surface area contributed by atoms with E-state index in [2.05, 4.69) is 11.9 Å². The van der Waals surface area contributed by atoms with Gasteiger partial charge in [0.1, 0.15) is 11.5 Å². The first-order valence-corrected chi connectivity index (χ1v) is 8.69. The van der Waals surface area contributed by atoms with Crippen molar-refractivity contribution in [3.8, 4) is 11.5 Å². The average Bonchev–Trinajstić information content (AvgIpc) is 2.64. The van der Waals surface area contributed by atoms with Crippen molar-refractivity contribution in [3.63, 3.8) is 0 Å². The van der Waals surface area contributed by atoms with E-state index in [9.17, 15) is 9.90 Å². The number of aryl methyl sites for hydroxylation is 1. The number of aliphatic hydroxyl groups is 1. The fourth-order valence-electron chi connectivity index (χ4n) is 3.16. The number of hydrogen-bond acceptors (Lipinski definition) is 4. The number of aliphatic hydroxyl groups excluding tert-OH is 1. The minimum atomic E-state index is -0.00905. The summed E-state index contributed by atoms with van der Waals surface area (Å²) < 4.78 is 5.91. The van der Waals surface area contributed by atoms with Crippen LogP contribution in [0.1, 0.15) is 35.7 Å². The van der Waals surface area contributed by atoms with Gasteiger partial charge in [0.25, 0.3) is 5.91 Å². The summed E-state index contributed by atoms with van der Waals surface area (Å²) in [6.07, 6.45) is 5.23. The molecule has 0 bridgehead atoms. The number of carbonyl (C=O) groups excluding carboxylic acids is 1. The Morgan fingerprint density at radius 1 is 1.28 bits per heavy atom. The van der Waals surface area contributed by atoms with Crippen molar-refractivity contribution in [2.24, 2.45) is 5.92 Å². The summed E-state index contributed by atoms with van der Waals surface area (Å²) in [5.41, 5.74) is 1.58. The molecule has 1 amide bonds. The Morgan fingerprint density at radius 2 is 2.04 bits per heavy atom. The van der Waals surface area contributed by atoms with Crippen molar-refractivity contribution >= 4 is 5.91 Å². The number of carbonyl (C=O) groups is 1. The highest BCUT2D eigenvalue weighted by Crippen LogP contribution is 2.28. The molecule has 132 valence electrons. The highest BCUT2D eigenvalue weighted by molar-refractivity contribution is 5.95. The molecule has 2 unspecified atom stereocenters. The average molecular weight is 340 g/mol. The molecule has 2 aromatic rings. The van der Waals surface area contributed by atoms with Crippen molar-refractivity contribution < 1.29 is 14.6 Å². The van der Waals surface area contributed by atoms with Crippen LogP contribution in [0.4, 0.5) is 0 Å². The molecule has 1 aromatic carbocycles. The lowest BCUT2D eigenvalue weighted by molar-refractivity contribution is 0.0488. The Morgan fingerprint density at radius 3 is 2.76 bits per heavy atom. The van der Waals surface area contributed by atoms with E-state index in [1.807, 2.05) is 24.0 Å². The molecule has 1 aromatic heterocycles. The number of benzene rings is 1. The van der Waals surface area contributed by atoms with Crippen molar-refractivity contribution in [3.05, 3.63) is 53.9 Å². The van der Waals surface area contributed by atoms with E-state index in [-0.39, 0.29) is 24.5 Å². The molecule has 0 aliphatic carbocycles. The first kappa shape index (κ1) is 17.4. The zero-order valence-electron chi connectivity index (χ0n) is 14.7. The van der Waals surface area contributed by atoms with Gasteiger partial charge >= 0.3 is 0 Å². The zero-order valence-corrected chi connectivity index (χ0v) is 14.7. The largest absolute Gasteiger partial charge is 0.457 e. The Kier molecular flexibility index (Phi) is 5.34. The fourth-order valence-corrected chi connectivity index (χ4v) is 3.16. The molecule has 0 radical (unpaired) electrons. The zero-order chi connectivity index (χ0) is 17.8. The maximum Gasteiger partial charge on any atom is 0.254 e. The number of hydrogen-bond donors (Lipinski definition) is 1. The second kappa shape index (κ2) is 7.66. The molecule has 3 rings (SSSR count). The van der Waals surface area contributed by atoms with Gasteiger partial charge in [0.15, 0.2) is 0 Å². The lowest BCUT2D eigenvalue weighted by Crippen LogP contribution is -2.46. The van der Waals surface area contributed by atoms with Crippen molar-refractivity contribution in [1.29, 1.82) is 0 Å². The number of rotatable bonds is 4. The van der Waals surface area contributed by atoms with Gasteiger partial charge < -0.3 is 14.7 Å². The molecule has 5 nitrogen and oxygen atoms in total. The van der Waals surface area contributed by atoms with E-state index in [1.165, 1.54) is 0 Å². The molecule has 1 aliphatic heterocycles. The molecule has 5 heteroatoms. The molecule has 2 heterocycles. The maximum atomic E-state index is 13.0. The standard InChI is InChI=1S/C20H24N2O3/c1-14-3-6-17(11-19(14)25-18-7-9-21-10-8-18)20(24)22-12-16(13-23)5-4-15(22)2/h3,6-11,15-16,23H,4-5,12-13H2,1-2H3. The number of amides is 1. The molecular weight excluding hydrogens is 316 g/mol. The van der Waals surface area contributed by atoms with Crippen LogP contribution in [-0.2, 0) is 0 Å². The first-order valence-electron chi connectivity index (χ1n) is 8.69. The van der Waals surface area contributed by atoms with Crippen LogP contribution < -0.4 is 4.74 Å². The van der Waals surface area contributed by atoms with Crippen LogP contribution in [0.2, 0.25) is 0 Å². The molecule has 1 N–H and O–H groups in total. The van der Waals surface area contributed by atoms with Gasteiger partial charge in [-0.05, 0) is 62.4 Å². The van der Waals surface area contributed by atoms with Crippen LogP contribution in [0.3, 0.4) is 0 Å². The molecule has 0 spiro atoms. The molecule has 1 aliphatic rings. The lowest BCUT2D eigenvalue weighted by atomic mass is 9.93. The predicted molar refractivity (Wildman–Crippen MR) is 95.8 cm³/mol. The highest BCUT2D eigenvalue weighted by Gasteiger charge is 2.29. The molecule has 1 fully saturated rings. The van der Waals surface area contributed by atoms with E-state index in [4.69, 9.17) is 4.74 Å². The van der Waals surface area contributed by atoms with Gasteiger partial charge in [-0.15, -0.1) is 0 Å². The van der Waals surface area contributed by atoms with E-state index in [1.54, 1.807) is 30.6 Å². The summed E-state index contributed by atoms with van der Waals surface area (Å²) in [7, 11) is 0. The number of aromatic nitrogens is 1. The van der Waals surface area contributed by atoms with E-state index in [0.717, 1.165) is 18.4 Å². The van der Waals surface area contributed by atoms with Gasteiger partial charge in [0, 0.05) is 37.2 Å². The number of piperidine rings is 1. The smallest absolute Gasteiger partial charge is 0.254 e. The summed E-state index contributed by atoms with van der Waals surface area (Å²) >= 11 is 0. The molecule has 0 saturated carbocycles. The summed E-state index contributed by atoms with van der Waals surface area (Å²) in [5.74, 6) is 1.51. The van der Waals surface area contributed by atoms with Crippen LogP contribution in [0.15, 0.2) is 42.7 Å². The molecule has 1 saturated heterocycles. The van der Waals surface area contributed by atoms with E-state index < -0.39 is 0 Å². The lowest BCUT2D eigenvalue weighted by Gasteiger charge is -2.37. The number of likely N-dealkylation sites (tertiary alicyclic amines) is 1. The topological polar surface area (TPSA) is 62.7 Å². The summed E-state index contributed by atoms with van der Waals surface area (Å²) in [6.45, 7) is 4.75. The van der Waals surface area contributed by atoms with Gasteiger partial charge in [0.2, 0.25) is 0 Å². The number of ether oxygens (including phenoxy) is 1. The normalized spacial score (nSPS) is 20.4. The molecule has 25 heavy (non-hydrogen) atoms. The van der Waals surface area contributed by atoms with Crippen molar-refractivity contribution in [2.75, 3.05) is 13.2 Å².